The SMILES string of the molecule is COCCN1CC[C@@H](CNC(=O)C[C@H](NC(C)=O)c2ccc(Cl)cc2)C1. The van der Waals surface area contributed by atoms with Crippen LogP contribution in [0.5, 0.6) is 0 Å². The van der Waals surface area contributed by atoms with Crippen LogP contribution in [-0.2, 0) is 14.3 Å². The molecule has 1 aliphatic heterocycles. The Morgan fingerprint density at radius 3 is 2.73 bits per heavy atom. The molecule has 26 heavy (non-hydrogen) atoms. The van der Waals surface area contributed by atoms with Gasteiger partial charge >= 0.3 is 0 Å². The van der Waals surface area contributed by atoms with Crippen molar-refractivity contribution in [2.75, 3.05) is 39.9 Å². The molecule has 7 heteroatoms. The highest BCUT2D eigenvalue weighted by Gasteiger charge is 2.23. The van der Waals surface area contributed by atoms with Crippen molar-refractivity contribution >= 4 is 23.4 Å². The number of carbonyl (C=O) groups excluding carboxylic acids is 2. The van der Waals surface area contributed by atoms with Gasteiger partial charge in [-0.2, -0.15) is 0 Å². The summed E-state index contributed by atoms with van der Waals surface area (Å²) < 4.78 is 5.11. The van der Waals surface area contributed by atoms with Crippen LogP contribution < -0.4 is 10.6 Å². The molecule has 6 nitrogen and oxygen atoms in total. The highest BCUT2D eigenvalue weighted by Crippen LogP contribution is 2.20. The predicted molar refractivity (Wildman–Crippen MR) is 102 cm³/mol. The Hall–Kier alpha value is -1.63. The van der Waals surface area contributed by atoms with E-state index in [9.17, 15) is 9.59 Å². The van der Waals surface area contributed by atoms with Gasteiger partial charge in [0.05, 0.1) is 19.1 Å². The maximum absolute atomic E-state index is 12.4. The lowest BCUT2D eigenvalue weighted by Gasteiger charge is -2.19. The van der Waals surface area contributed by atoms with Crippen molar-refractivity contribution < 1.29 is 14.3 Å². The van der Waals surface area contributed by atoms with Crippen LogP contribution in [0, 0.1) is 5.92 Å². The van der Waals surface area contributed by atoms with Crippen molar-refractivity contribution in [2.45, 2.75) is 25.8 Å². The van der Waals surface area contributed by atoms with E-state index in [0.717, 1.165) is 38.2 Å². The Balaban J connectivity index is 1.81. The maximum atomic E-state index is 12.4. The van der Waals surface area contributed by atoms with E-state index < -0.39 is 0 Å². The monoisotopic (exact) mass is 381 g/mol. The van der Waals surface area contributed by atoms with Crippen molar-refractivity contribution in [3.63, 3.8) is 0 Å². The normalized spacial score (nSPS) is 18.5. The summed E-state index contributed by atoms with van der Waals surface area (Å²) in [7, 11) is 1.71. The van der Waals surface area contributed by atoms with Crippen molar-refractivity contribution in [1.29, 1.82) is 0 Å². The van der Waals surface area contributed by atoms with E-state index in [0.29, 0.717) is 17.5 Å². The third-order valence-electron chi connectivity index (χ3n) is 4.61. The number of ether oxygens (including phenoxy) is 1. The number of carbonyl (C=O) groups is 2. The number of hydrogen-bond acceptors (Lipinski definition) is 4. The highest BCUT2D eigenvalue weighted by molar-refractivity contribution is 6.30. The summed E-state index contributed by atoms with van der Waals surface area (Å²) in [6.07, 6.45) is 1.29. The molecule has 0 aromatic heterocycles. The number of benzene rings is 1. The molecule has 1 fully saturated rings. The standard InChI is InChI=1S/C19H28ClN3O3/c1-14(24)22-18(16-3-5-17(20)6-4-16)11-19(25)21-12-15-7-8-23(13-15)9-10-26-2/h3-6,15,18H,7-13H2,1-2H3,(H,21,25)(H,22,24)/t15-,18-/m0/s1. The molecule has 0 unspecified atom stereocenters. The number of halogens is 1. The van der Waals surface area contributed by atoms with E-state index in [4.69, 9.17) is 16.3 Å². The zero-order chi connectivity index (χ0) is 18.9. The minimum Gasteiger partial charge on any atom is -0.383 e. The van der Waals surface area contributed by atoms with Crippen LogP contribution in [0.3, 0.4) is 0 Å². The van der Waals surface area contributed by atoms with E-state index in [1.54, 1.807) is 19.2 Å². The molecule has 1 saturated heterocycles. The quantitative estimate of drug-likeness (QED) is 0.686. The van der Waals surface area contributed by atoms with Crippen LogP contribution in [-0.4, -0.2) is 56.6 Å². The number of likely N-dealkylation sites (tertiary alicyclic amines) is 1. The molecule has 2 amide bonds. The molecule has 2 N–H and O–H groups in total. The topological polar surface area (TPSA) is 70.7 Å². The molecule has 0 saturated carbocycles. The van der Waals surface area contributed by atoms with E-state index in [1.165, 1.54) is 6.92 Å². The minimum absolute atomic E-state index is 0.0611. The first-order chi connectivity index (χ1) is 12.5. The van der Waals surface area contributed by atoms with Crippen molar-refractivity contribution in [3.8, 4) is 0 Å². The van der Waals surface area contributed by atoms with Gasteiger partial charge in [-0.05, 0) is 36.6 Å². The zero-order valence-corrected chi connectivity index (χ0v) is 16.2. The molecule has 2 rings (SSSR count). The molecule has 0 spiro atoms. The van der Waals surface area contributed by atoms with Gasteiger partial charge < -0.3 is 20.3 Å². The fourth-order valence-corrected chi connectivity index (χ4v) is 3.34. The largest absolute Gasteiger partial charge is 0.383 e. The second-order valence-corrected chi connectivity index (χ2v) is 7.20. The number of nitrogens with zero attached hydrogens (tertiary/aromatic N) is 1. The zero-order valence-electron chi connectivity index (χ0n) is 15.5. The van der Waals surface area contributed by atoms with E-state index in [2.05, 4.69) is 15.5 Å². The van der Waals surface area contributed by atoms with Crippen LogP contribution in [0.25, 0.3) is 0 Å². The van der Waals surface area contributed by atoms with Crippen LogP contribution >= 0.6 is 11.6 Å². The van der Waals surface area contributed by atoms with Gasteiger partial charge in [-0.25, -0.2) is 0 Å². The number of rotatable bonds is 9. The number of amides is 2. The van der Waals surface area contributed by atoms with Gasteiger partial charge in [-0.3, -0.25) is 9.59 Å². The Morgan fingerprint density at radius 2 is 2.08 bits per heavy atom. The highest BCUT2D eigenvalue weighted by atomic mass is 35.5. The van der Waals surface area contributed by atoms with Gasteiger partial charge in [0.2, 0.25) is 11.8 Å². The molecule has 1 aromatic carbocycles. The summed E-state index contributed by atoms with van der Waals surface area (Å²) in [6.45, 7) is 5.81. The molecule has 1 aromatic rings. The molecule has 2 atom stereocenters. The lowest BCUT2D eigenvalue weighted by molar-refractivity contribution is -0.122. The average molecular weight is 382 g/mol. The first kappa shape index (κ1) is 20.7. The summed E-state index contributed by atoms with van der Waals surface area (Å²) in [5, 5.41) is 6.48. The Kier molecular flexibility index (Phi) is 8.35. The van der Waals surface area contributed by atoms with Crippen molar-refractivity contribution in [1.82, 2.24) is 15.5 Å². The van der Waals surface area contributed by atoms with Gasteiger partial charge in [0.15, 0.2) is 0 Å². The van der Waals surface area contributed by atoms with Gasteiger partial charge in [0, 0.05) is 38.7 Å². The van der Waals surface area contributed by atoms with E-state index in [1.807, 2.05) is 12.1 Å². The maximum Gasteiger partial charge on any atom is 0.222 e. The molecule has 0 bridgehead atoms. The number of methoxy groups -OCH3 is 1. The van der Waals surface area contributed by atoms with E-state index in [-0.39, 0.29) is 24.3 Å². The smallest absolute Gasteiger partial charge is 0.222 e. The third kappa shape index (κ3) is 6.94. The number of nitrogens with one attached hydrogen (secondary N) is 2. The molecular formula is C19H28ClN3O3. The van der Waals surface area contributed by atoms with Gasteiger partial charge in [0.25, 0.3) is 0 Å². The van der Waals surface area contributed by atoms with Crippen LogP contribution in [0.15, 0.2) is 24.3 Å². The van der Waals surface area contributed by atoms with Crippen LogP contribution in [0.4, 0.5) is 0 Å². The van der Waals surface area contributed by atoms with Gasteiger partial charge in [0.1, 0.15) is 0 Å². The predicted octanol–water partition coefficient (Wildman–Crippen LogP) is 1.99. The molecule has 0 aliphatic carbocycles. The first-order valence-corrected chi connectivity index (χ1v) is 9.36. The van der Waals surface area contributed by atoms with Crippen LogP contribution in [0.1, 0.15) is 31.4 Å². The van der Waals surface area contributed by atoms with Crippen LogP contribution in [0.2, 0.25) is 5.02 Å². The molecular weight excluding hydrogens is 354 g/mol. The molecule has 0 radical (unpaired) electrons. The Labute approximate surface area is 160 Å². The lowest BCUT2D eigenvalue weighted by atomic mass is 10.0. The summed E-state index contributed by atoms with van der Waals surface area (Å²) >= 11 is 5.92. The van der Waals surface area contributed by atoms with Gasteiger partial charge in [-0.1, -0.05) is 23.7 Å². The summed E-state index contributed by atoms with van der Waals surface area (Å²) in [5.41, 5.74) is 0.867. The summed E-state index contributed by atoms with van der Waals surface area (Å²) in [5.74, 6) is 0.238. The summed E-state index contributed by atoms with van der Waals surface area (Å²) in [4.78, 5) is 26.2. The average Bonchev–Trinajstić information content (AvgIpc) is 3.06. The molecule has 144 valence electrons. The third-order valence-corrected chi connectivity index (χ3v) is 4.86. The Bertz CT molecular complexity index is 594. The van der Waals surface area contributed by atoms with Crippen molar-refractivity contribution in [3.05, 3.63) is 34.9 Å². The van der Waals surface area contributed by atoms with E-state index >= 15 is 0 Å². The molecule has 1 aliphatic rings. The summed E-state index contributed by atoms with van der Waals surface area (Å²) in [6, 6.07) is 6.83. The molecule has 1 heterocycles. The lowest BCUT2D eigenvalue weighted by Crippen LogP contribution is -2.35. The minimum atomic E-state index is -0.355. The fraction of sp³-hybridized carbons (Fsp3) is 0.579. The second kappa shape index (κ2) is 10.5. The second-order valence-electron chi connectivity index (χ2n) is 6.76. The first-order valence-electron chi connectivity index (χ1n) is 8.98. The number of hydrogen-bond donors (Lipinski definition) is 2. The van der Waals surface area contributed by atoms with Crippen molar-refractivity contribution in [2.24, 2.45) is 5.92 Å². The Morgan fingerprint density at radius 1 is 1.35 bits per heavy atom. The van der Waals surface area contributed by atoms with Gasteiger partial charge in [-0.15, -0.1) is 0 Å². The fourth-order valence-electron chi connectivity index (χ4n) is 3.21.